The highest BCUT2D eigenvalue weighted by Crippen LogP contribution is 2.30. The molecule has 0 aliphatic carbocycles. The van der Waals surface area contributed by atoms with E-state index in [1.807, 2.05) is 41.0 Å². The van der Waals surface area contributed by atoms with E-state index in [2.05, 4.69) is 15.5 Å². The molecule has 0 unspecified atom stereocenters. The lowest BCUT2D eigenvalue weighted by atomic mass is 10.2. The molecule has 0 aliphatic rings. The SMILES string of the molecule is COc1ccccc1NC(=O)CSc1nnc(-c2ccc(Cl)cc2)n1-c1ccc(Cl)cc1. The maximum absolute atomic E-state index is 12.6. The van der Waals surface area contributed by atoms with E-state index in [9.17, 15) is 4.79 Å². The van der Waals surface area contributed by atoms with Gasteiger partial charge in [-0.25, -0.2) is 0 Å². The number of amides is 1. The Hall–Kier alpha value is -3.00. The van der Waals surface area contributed by atoms with Crippen LogP contribution in [0.15, 0.2) is 78.0 Å². The first-order valence-electron chi connectivity index (χ1n) is 9.58. The Balaban J connectivity index is 1.60. The van der Waals surface area contributed by atoms with Gasteiger partial charge in [0.2, 0.25) is 5.91 Å². The number of aromatic nitrogens is 3. The fourth-order valence-electron chi connectivity index (χ4n) is 3.04. The number of anilines is 1. The molecule has 4 rings (SSSR count). The lowest BCUT2D eigenvalue weighted by molar-refractivity contribution is -0.113. The smallest absolute Gasteiger partial charge is 0.234 e. The molecule has 0 saturated carbocycles. The van der Waals surface area contributed by atoms with Crippen molar-refractivity contribution in [3.8, 4) is 22.8 Å². The predicted octanol–water partition coefficient (Wildman–Crippen LogP) is 5.98. The maximum Gasteiger partial charge on any atom is 0.234 e. The van der Waals surface area contributed by atoms with Gasteiger partial charge in [-0.1, -0.05) is 47.1 Å². The molecule has 6 nitrogen and oxygen atoms in total. The molecule has 32 heavy (non-hydrogen) atoms. The largest absolute Gasteiger partial charge is 0.495 e. The molecule has 0 saturated heterocycles. The van der Waals surface area contributed by atoms with Gasteiger partial charge >= 0.3 is 0 Å². The van der Waals surface area contributed by atoms with Gasteiger partial charge in [0, 0.05) is 21.3 Å². The predicted molar refractivity (Wildman–Crippen MR) is 129 cm³/mol. The number of carbonyl (C=O) groups is 1. The van der Waals surface area contributed by atoms with E-state index in [0.29, 0.717) is 32.5 Å². The van der Waals surface area contributed by atoms with E-state index in [1.165, 1.54) is 11.8 Å². The second-order valence-electron chi connectivity index (χ2n) is 6.66. The van der Waals surface area contributed by atoms with E-state index in [-0.39, 0.29) is 11.7 Å². The monoisotopic (exact) mass is 484 g/mol. The van der Waals surface area contributed by atoms with Crippen LogP contribution in [-0.2, 0) is 4.79 Å². The quantitative estimate of drug-likeness (QED) is 0.326. The van der Waals surface area contributed by atoms with Gasteiger partial charge in [-0.05, 0) is 60.7 Å². The minimum Gasteiger partial charge on any atom is -0.495 e. The third kappa shape index (κ3) is 5.07. The van der Waals surface area contributed by atoms with Crippen LogP contribution in [0.5, 0.6) is 5.75 Å². The van der Waals surface area contributed by atoms with Crippen LogP contribution in [-0.4, -0.2) is 33.5 Å². The van der Waals surface area contributed by atoms with Crippen molar-refractivity contribution >= 4 is 46.6 Å². The van der Waals surface area contributed by atoms with Crippen LogP contribution in [0.2, 0.25) is 10.0 Å². The van der Waals surface area contributed by atoms with E-state index >= 15 is 0 Å². The van der Waals surface area contributed by atoms with Crippen LogP contribution in [0.3, 0.4) is 0 Å². The highest BCUT2D eigenvalue weighted by molar-refractivity contribution is 7.99. The average molecular weight is 485 g/mol. The van der Waals surface area contributed by atoms with Crippen LogP contribution >= 0.6 is 35.0 Å². The first kappa shape index (κ1) is 22.2. The van der Waals surface area contributed by atoms with E-state index < -0.39 is 0 Å². The van der Waals surface area contributed by atoms with Crippen molar-refractivity contribution in [2.45, 2.75) is 5.16 Å². The number of carbonyl (C=O) groups excluding carboxylic acids is 1. The number of nitrogens with zero attached hydrogens (tertiary/aromatic N) is 3. The Bertz CT molecular complexity index is 1230. The minimum atomic E-state index is -0.182. The van der Waals surface area contributed by atoms with Crippen LogP contribution < -0.4 is 10.1 Å². The number of methoxy groups -OCH3 is 1. The van der Waals surface area contributed by atoms with E-state index in [1.54, 1.807) is 43.5 Å². The highest BCUT2D eigenvalue weighted by Gasteiger charge is 2.18. The number of hydrogen-bond donors (Lipinski definition) is 1. The molecule has 0 atom stereocenters. The van der Waals surface area contributed by atoms with Crippen LogP contribution in [0.4, 0.5) is 5.69 Å². The number of thioether (sulfide) groups is 1. The molecule has 0 bridgehead atoms. The van der Waals surface area contributed by atoms with Crippen LogP contribution in [0.1, 0.15) is 0 Å². The molecule has 9 heteroatoms. The van der Waals surface area contributed by atoms with Gasteiger partial charge < -0.3 is 10.1 Å². The zero-order valence-corrected chi connectivity index (χ0v) is 19.3. The summed E-state index contributed by atoms with van der Waals surface area (Å²) < 4.78 is 7.18. The normalized spacial score (nSPS) is 10.7. The fourth-order valence-corrected chi connectivity index (χ4v) is 4.04. The lowest BCUT2D eigenvalue weighted by Crippen LogP contribution is -2.15. The molecule has 0 radical (unpaired) electrons. The molecule has 4 aromatic rings. The summed E-state index contributed by atoms with van der Waals surface area (Å²) in [5.74, 6) is 1.19. The summed E-state index contributed by atoms with van der Waals surface area (Å²) in [4.78, 5) is 12.6. The summed E-state index contributed by atoms with van der Waals surface area (Å²) in [6.45, 7) is 0. The lowest BCUT2D eigenvalue weighted by Gasteiger charge is -2.11. The van der Waals surface area contributed by atoms with E-state index in [4.69, 9.17) is 27.9 Å². The fraction of sp³-hybridized carbons (Fsp3) is 0.0870. The summed E-state index contributed by atoms with van der Waals surface area (Å²) in [6, 6.07) is 22.0. The standard InChI is InChI=1S/C23H18Cl2N4O2S/c1-31-20-5-3-2-4-19(20)26-21(30)14-32-23-28-27-22(15-6-8-16(24)9-7-15)29(23)18-12-10-17(25)11-13-18/h2-13H,14H2,1H3,(H,26,30). The molecule has 1 N–H and O–H groups in total. The first-order chi connectivity index (χ1) is 15.5. The van der Waals surface area contributed by atoms with Crippen molar-refractivity contribution in [3.05, 3.63) is 82.8 Å². The number of rotatable bonds is 7. The molecule has 1 aromatic heterocycles. The molecule has 162 valence electrons. The van der Waals surface area contributed by atoms with Crippen molar-refractivity contribution in [2.75, 3.05) is 18.2 Å². The molecule has 0 fully saturated rings. The summed E-state index contributed by atoms with van der Waals surface area (Å²) in [5, 5.41) is 13.4. The highest BCUT2D eigenvalue weighted by atomic mass is 35.5. The zero-order valence-electron chi connectivity index (χ0n) is 17.0. The summed E-state index contributed by atoms with van der Waals surface area (Å²) in [7, 11) is 1.56. The zero-order chi connectivity index (χ0) is 22.5. The molecular formula is C23H18Cl2N4O2S. The molecule has 0 spiro atoms. The number of benzene rings is 3. The average Bonchev–Trinajstić information content (AvgIpc) is 3.23. The van der Waals surface area contributed by atoms with Gasteiger partial charge in [-0.2, -0.15) is 0 Å². The Morgan fingerprint density at radius 2 is 1.62 bits per heavy atom. The van der Waals surface area contributed by atoms with Gasteiger partial charge in [-0.15, -0.1) is 10.2 Å². The third-order valence-electron chi connectivity index (χ3n) is 4.53. The van der Waals surface area contributed by atoms with Crippen molar-refractivity contribution in [3.63, 3.8) is 0 Å². The Morgan fingerprint density at radius 3 is 2.31 bits per heavy atom. The Kier molecular flexibility index (Phi) is 6.99. The topological polar surface area (TPSA) is 69.0 Å². The Morgan fingerprint density at radius 1 is 0.969 bits per heavy atom. The molecule has 0 aliphatic heterocycles. The number of ether oxygens (including phenoxy) is 1. The van der Waals surface area contributed by atoms with Gasteiger partial charge in [0.25, 0.3) is 0 Å². The Labute approximate surface area is 199 Å². The molecule has 3 aromatic carbocycles. The minimum absolute atomic E-state index is 0.143. The molecule has 1 heterocycles. The molecule has 1 amide bonds. The van der Waals surface area contributed by atoms with Crippen molar-refractivity contribution in [1.29, 1.82) is 0 Å². The number of hydrogen-bond acceptors (Lipinski definition) is 5. The van der Waals surface area contributed by atoms with Gasteiger partial charge in [0.05, 0.1) is 18.6 Å². The van der Waals surface area contributed by atoms with Crippen molar-refractivity contribution in [2.24, 2.45) is 0 Å². The van der Waals surface area contributed by atoms with Crippen LogP contribution in [0, 0.1) is 0 Å². The van der Waals surface area contributed by atoms with Gasteiger partial charge in [-0.3, -0.25) is 9.36 Å². The van der Waals surface area contributed by atoms with Gasteiger partial charge in [0.1, 0.15) is 5.75 Å². The van der Waals surface area contributed by atoms with E-state index in [0.717, 1.165) is 11.3 Å². The second-order valence-corrected chi connectivity index (χ2v) is 8.48. The summed E-state index contributed by atoms with van der Waals surface area (Å²) in [5.41, 5.74) is 2.29. The van der Waals surface area contributed by atoms with Crippen LogP contribution in [0.25, 0.3) is 17.1 Å². The number of halogens is 2. The summed E-state index contributed by atoms with van der Waals surface area (Å²) in [6.07, 6.45) is 0. The second kappa shape index (κ2) is 10.1. The van der Waals surface area contributed by atoms with Gasteiger partial charge in [0.15, 0.2) is 11.0 Å². The van der Waals surface area contributed by atoms with Crippen molar-refractivity contribution in [1.82, 2.24) is 14.8 Å². The number of nitrogens with one attached hydrogen (secondary N) is 1. The first-order valence-corrected chi connectivity index (χ1v) is 11.3. The summed E-state index contributed by atoms with van der Waals surface area (Å²) >= 11 is 13.4. The van der Waals surface area contributed by atoms with Crippen molar-refractivity contribution < 1.29 is 9.53 Å². The maximum atomic E-state index is 12.6. The number of para-hydroxylation sites is 2. The third-order valence-corrected chi connectivity index (χ3v) is 5.97. The molecular weight excluding hydrogens is 467 g/mol.